The lowest BCUT2D eigenvalue weighted by Crippen LogP contribution is -2.31. The lowest BCUT2D eigenvalue weighted by Gasteiger charge is -1.95. The molecular weight excluding hydrogens is 194 g/mol. The monoisotopic (exact) mass is 203 g/mol. The summed E-state index contributed by atoms with van der Waals surface area (Å²) in [6, 6.07) is 6.71. The van der Waals surface area contributed by atoms with Gasteiger partial charge in [-0.1, -0.05) is 24.8 Å². The van der Waals surface area contributed by atoms with E-state index in [-0.39, 0.29) is 5.75 Å². The third-order valence-corrected chi connectivity index (χ3v) is 2.05. The van der Waals surface area contributed by atoms with E-state index in [2.05, 4.69) is 16.3 Å². The van der Waals surface area contributed by atoms with Crippen LogP contribution < -0.4 is 16.2 Å². The van der Waals surface area contributed by atoms with E-state index < -0.39 is 5.63 Å². The first kappa shape index (κ1) is 9.33. The molecule has 0 radical (unpaired) electrons. The van der Waals surface area contributed by atoms with E-state index in [4.69, 9.17) is 0 Å². The van der Waals surface area contributed by atoms with Gasteiger partial charge in [0.1, 0.15) is 5.75 Å². The zero-order chi connectivity index (χ0) is 10.8. The lowest BCUT2D eigenvalue weighted by atomic mass is 10.2. The fraction of sp³-hybridized carbons (Fsp3) is 0. The van der Waals surface area contributed by atoms with Crippen molar-refractivity contribution in [1.82, 2.24) is 5.16 Å². The minimum Gasteiger partial charge on any atom is -0.507 e. The molecule has 0 saturated carbocycles. The minimum atomic E-state index is -0.497. The van der Waals surface area contributed by atoms with E-state index in [0.29, 0.717) is 16.1 Å². The smallest absolute Gasteiger partial charge is 0.365 e. The zero-order valence-electron chi connectivity index (χ0n) is 7.86. The van der Waals surface area contributed by atoms with Crippen molar-refractivity contribution in [2.24, 2.45) is 0 Å². The van der Waals surface area contributed by atoms with Crippen molar-refractivity contribution in [2.45, 2.75) is 0 Å². The van der Waals surface area contributed by atoms with E-state index in [1.807, 2.05) is 0 Å². The van der Waals surface area contributed by atoms with Crippen molar-refractivity contribution in [2.75, 3.05) is 0 Å². The molecule has 0 aliphatic carbocycles. The first-order valence-electron chi connectivity index (χ1n) is 4.34. The number of hydrogen-bond acceptors (Lipinski definition) is 3. The Labute approximate surface area is 84.8 Å². The van der Waals surface area contributed by atoms with E-state index in [1.54, 1.807) is 24.3 Å². The summed E-state index contributed by atoms with van der Waals surface area (Å²) in [5, 5.41) is 12.6. The molecule has 4 nitrogen and oxygen atoms in total. The van der Waals surface area contributed by atoms with E-state index in [1.165, 1.54) is 6.08 Å². The van der Waals surface area contributed by atoms with Crippen LogP contribution in [0.5, 0.6) is 5.75 Å². The number of benzene rings is 1. The molecule has 0 fully saturated rings. The van der Waals surface area contributed by atoms with Crippen LogP contribution in [0.3, 0.4) is 0 Å². The maximum atomic E-state index is 11.2. The molecule has 0 aliphatic heterocycles. The second-order valence-electron chi connectivity index (χ2n) is 3.09. The summed E-state index contributed by atoms with van der Waals surface area (Å²) in [6.45, 7) is 3.60. The fourth-order valence-electron chi connectivity index (χ4n) is 1.25. The van der Waals surface area contributed by atoms with Gasteiger partial charge in [0.2, 0.25) is 0 Å². The molecule has 0 aliphatic rings. The highest BCUT2D eigenvalue weighted by Gasteiger charge is 1.99. The van der Waals surface area contributed by atoms with Crippen LogP contribution in [-0.2, 0) is 0 Å². The molecular formula is C11H9NO3. The predicted molar refractivity (Wildman–Crippen MR) is 55.8 cm³/mol. The quantitative estimate of drug-likeness (QED) is 0.680. The summed E-state index contributed by atoms with van der Waals surface area (Å²) in [5.74, 6) is 0.109. The lowest BCUT2D eigenvalue weighted by molar-refractivity contribution is 0.386. The number of aromatic hydroxyl groups is 1. The minimum absolute atomic E-state index is 0.109. The summed E-state index contributed by atoms with van der Waals surface area (Å²) in [5.41, 5.74) is 0.0533. The number of nitrogens with one attached hydrogen (secondary N) is 1. The van der Waals surface area contributed by atoms with Crippen LogP contribution in [0.1, 0.15) is 5.56 Å². The number of H-pyrrole nitrogens is 1. The molecule has 0 bridgehead atoms. The molecule has 0 amide bonds. The Morgan fingerprint density at radius 1 is 1.40 bits per heavy atom. The maximum Gasteiger partial charge on any atom is 0.365 e. The normalized spacial score (nSPS) is 11.9. The van der Waals surface area contributed by atoms with Crippen LogP contribution >= 0.6 is 0 Å². The Hall–Kier alpha value is -2.23. The van der Waals surface area contributed by atoms with Gasteiger partial charge in [0, 0.05) is 5.56 Å². The van der Waals surface area contributed by atoms with Gasteiger partial charge >= 0.3 is 5.63 Å². The second kappa shape index (κ2) is 3.49. The molecule has 2 N–H and O–H groups in total. The Morgan fingerprint density at radius 3 is 2.73 bits per heavy atom. The van der Waals surface area contributed by atoms with Gasteiger partial charge in [-0.3, -0.25) is 0 Å². The van der Waals surface area contributed by atoms with Crippen molar-refractivity contribution >= 4 is 12.7 Å². The standard InChI is InChI=1S/C11H9NO3/c1-7-9(11(14)15-12-7)6-8-4-2-3-5-10(8)13/h2-6,12-13H,1H2. The predicted octanol–water partition coefficient (Wildman–Crippen LogP) is -0.0874. The van der Waals surface area contributed by atoms with Crippen molar-refractivity contribution in [3.63, 3.8) is 0 Å². The van der Waals surface area contributed by atoms with E-state index in [0.717, 1.165) is 0 Å². The topological polar surface area (TPSA) is 66.2 Å². The molecule has 1 aromatic carbocycles. The Balaban J connectivity index is 2.72. The Bertz CT molecular complexity index is 606. The maximum absolute atomic E-state index is 11.2. The van der Waals surface area contributed by atoms with Crippen LogP contribution in [0.25, 0.3) is 12.7 Å². The van der Waals surface area contributed by atoms with Gasteiger partial charge < -0.3 is 9.63 Å². The Kier molecular flexibility index (Phi) is 2.17. The number of phenols is 1. The molecule has 2 aromatic rings. The largest absolute Gasteiger partial charge is 0.507 e. The van der Waals surface area contributed by atoms with Gasteiger partial charge in [0.15, 0.2) is 0 Å². The third-order valence-electron chi connectivity index (χ3n) is 2.05. The van der Waals surface area contributed by atoms with E-state index >= 15 is 0 Å². The molecule has 76 valence electrons. The van der Waals surface area contributed by atoms with Crippen LogP contribution in [0.15, 0.2) is 33.6 Å². The SMILES string of the molecule is C=c1[nH]oc(=O)c1=Cc1ccccc1O. The number of hydrogen-bond donors (Lipinski definition) is 2. The van der Waals surface area contributed by atoms with Crippen molar-refractivity contribution in [3.8, 4) is 5.75 Å². The molecule has 0 unspecified atom stereocenters. The van der Waals surface area contributed by atoms with Crippen molar-refractivity contribution < 1.29 is 9.63 Å². The van der Waals surface area contributed by atoms with Crippen LogP contribution in [-0.4, -0.2) is 10.3 Å². The highest BCUT2D eigenvalue weighted by Crippen LogP contribution is 2.15. The molecule has 0 spiro atoms. The molecule has 2 rings (SSSR count). The number of rotatable bonds is 1. The molecule has 4 heteroatoms. The summed E-state index contributed by atoms with van der Waals surface area (Å²) >= 11 is 0. The molecule has 1 aromatic heterocycles. The molecule has 0 atom stereocenters. The van der Waals surface area contributed by atoms with Gasteiger partial charge in [-0.15, -0.1) is 0 Å². The highest BCUT2D eigenvalue weighted by molar-refractivity contribution is 5.56. The number of phenolic OH excluding ortho intramolecular Hbond substituents is 1. The Morgan fingerprint density at radius 2 is 2.13 bits per heavy atom. The van der Waals surface area contributed by atoms with Gasteiger partial charge in [0.05, 0.1) is 10.6 Å². The van der Waals surface area contributed by atoms with Crippen LogP contribution in [0, 0.1) is 0 Å². The number of para-hydroxylation sites is 1. The van der Waals surface area contributed by atoms with Gasteiger partial charge in [-0.25, -0.2) is 9.95 Å². The van der Waals surface area contributed by atoms with Crippen molar-refractivity contribution in [1.29, 1.82) is 0 Å². The van der Waals surface area contributed by atoms with Gasteiger partial charge in [-0.2, -0.15) is 0 Å². The first-order chi connectivity index (χ1) is 7.18. The second-order valence-corrected chi connectivity index (χ2v) is 3.09. The summed E-state index contributed by atoms with van der Waals surface area (Å²) in [4.78, 5) is 11.2. The number of aromatic amines is 1. The molecule has 1 heterocycles. The third kappa shape index (κ3) is 1.69. The van der Waals surface area contributed by atoms with Gasteiger partial charge in [0.25, 0.3) is 0 Å². The van der Waals surface area contributed by atoms with E-state index in [9.17, 15) is 9.90 Å². The first-order valence-corrected chi connectivity index (χ1v) is 4.34. The summed E-state index contributed by atoms with van der Waals surface area (Å²) < 4.78 is 4.55. The van der Waals surface area contributed by atoms with Gasteiger partial charge in [-0.05, 0) is 12.1 Å². The van der Waals surface area contributed by atoms with Crippen LogP contribution in [0.2, 0.25) is 0 Å². The number of aromatic nitrogens is 1. The average molecular weight is 203 g/mol. The summed E-state index contributed by atoms with van der Waals surface area (Å²) in [6.07, 6.45) is 1.53. The zero-order valence-corrected chi connectivity index (χ0v) is 7.86. The molecule has 15 heavy (non-hydrogen) atoms. The molecule has 0 saturated heterocycles. The highest BCUT2D eigenvalue weighted by atomic mass is 16.5. The average Bonchev–Trinajstić information content (AvgIpc) is 2.53. The summed E-state index contributed by atoms with van der Waals surface area (Å²) in [7, 11) is 0. The van der Waals surface area contributed by atoms with Crippen LogP contribution in [0.4, 0.5) is 0 Å². The van der Waals surface area contributed by atoms with Crippen molar-refractivity contribution in [3.05, 3.63) is 50.8 Å². The fourth-order valence-corrected chi connectivity index (χ4v) is 1.25.